The Kier molecular flexibility index (Phi) is 4.79. The molecule has 1 aromatic rings. The molecule has 120 valence electrons. The van der Waals surface area contributed by atoms with Crippen molar-refractivity contribution in [2.45, 2.75) is 26.4 Å². The number of esters is 1. The topological polar surface area (TPSA) is 69.7 Å². The van der Waals surface area contributed by atoms with Crippen molar-refractivity contribution in [2.24, 2.45) is 0 Å². The highest BCUT2D eigenvalue weighted by Gasteiger charge is 2.44. The van der Waals surface area contributed by atoms with E-state index in [4.69, 9.17) is 9.47 Å². The number of aldehydes is 1. The van der Waals surface area contributed by atoms with Crippen LogP contribution in [0, 0.1) is 0 Å². The van der Waals surface area contributed by atoms with Crippen molar-refractivity contribution in [3.8, 4) is 0 Å². The van der Waals surface area contributed by atoms with Crippen molar-refractivity contribution in [3.63, 3.8) is 0 Å². The molecule has 5 nitrogen and oxygen atoms in total. The first-order chi connectivity index (χ1) is 10.9. The van der Waals surface area contributed by atoms with Crippen molar-refractivity contribution in [1.82, 2.24) is 0 Å². The minimum atomic E-state index is -1.28. The molecule has 0 saturated carbocycles. The minimum absolute atomic E-state index is 0.00500. The maximum absolute atomic E-state index is 12.5. The molecule has 0 fully saturated rings. The van der Waals surface area contributed by atoms with Crippen LogP contribution >= 0.6 is 0 Å². The molecule has 1 aromatic carbocycles. The number of hydrogen-bond donors (Lipinski definition) is 0. The number of Topliss-reactive ketones (excluding diaryl/α,β-unsaturated/α-hetero) is 1. The third-order valence-electron chi connectivity index (χ3n) is 3.65. The van der Waals surface area contributed by atoms with Gasteiger partial charge in [-0.25, -0.2) is 4.79 Å². The van der Waals surface area contributed by atoms with E-state index in [1.807, 2.05) is 6.07 Å². The molecule has 0 bridgehead atoms. The van der Waals surface area contributed by atoms with Crippen LogP contribution in [0.3, 0.4) is 0 Å². The molecular formula is C18H18O5. The number of carbonyl (C=O) groups is 3. The molecule has 0 N–H and O–H groups in total. The maximum Gasteiger partial charge on any atom is 0.339 e. The molecule has 0 saturated heterocycles. The van der Waals surface area contributed by atoms with E-state index in [-0.39, 0.29) is 29.3 Å². The summed E-state index contributed by atoms with van der Waals surface area (Å²) in [5.74, 6) is -0.974. The van der Waals surface area contributed by atoms with E-state index in [1.165, 1.54) is 13.0 Å². The first-order valence-corrected chi connectivity index (χ1v) is 7.28. The van der Waals surface area contributed by atoms with Gasteiger partial charge in [0.1, 0.15) is 0 Å². The highest BCUT2D eigenvalue weighted by molar-refractivity contribution is 6.07. The van der Waals surface area contributed by atoms with E-state index in [1.54, 1.807) is 38.1 Å². The standard InChI is InChI=1S/C18H18O5/c1-4-22-17(21)16-15(12(2)20)10-14(11-19)23-18(16,3)13-8-6-5-7-9-13/h5-11H,4H2,1-3H3. The zero-order chi connectivity index (χ0) is 17.0. The smallest absolute Gasteiger partial charge is 0.339 e. The van der Waals surface area contributed by atoms with Gasteiger partial charge < -0.3 is 9.47 Å². The molecule has 0 aliphatic carbocycles. The molecule has 0 aromatic heterocycles. The molecule has 0 amide bonds. The van der Waals surface area contributed by atoms with E-state index < -0.39 is 11.6 Å². The van der Waals surface area contributed by atoms with Crippen LogP contribution in [0.25, 0.3) is 0 Å². The highest BCUT2D eigenvalue weighted by Crippen LogP contribution is 2.41. The third-order valence-corrected chi connectivity index (χ3v) is 3.65. The van der Waals surface area contributed by atoms with Crippen LogP contribution in [-0.4, -0.2) is 24.6 Å². The third kappa shape index (κ3) is 3.08. The Morgan fingerprint density at radius 1 is 1.26 bits per heavy atom. The predicted octanol–water partition coefficient (Wildman–Crippen LogP) is 2.46. The fourth-order valence-electron chi connectivity index (χ4n) is 2.59. The van der Waals surface area contributed by atoms with Crippen LogP contribution in [0.5, 0.6) is 0 Å². The molecular weight excluding hydrogens is 296 g/mol. The number of carbonyl (C=O) groups excluding carboxylic acids is 3. The lowest BCUT2D eigenvalue weighted by molar-refractivity contribution is -0.142. The molecule has 1 unspecified atom stereocenters. The fourth-order valence-corrected chi connectivity index (χ4v) is 2.59. The number of allylic oxidation sites excluding steroid dienone is 3. The molecule has 5 heteroatoms. The van der Waals surface area contributed by atoms with Crippen molar-refractivity contribution < 1.29 is 23.9 Å². The van der Waals surface area contributed by atoms with Crippen LogP contribution in [0.1, 0.15) is 26.3 Å². The Morgan fingerprint density at radius 2 is 1.91 bits per heavy atom. The summed E-state index contributed by atoms with van der Waals surface area (Å²) in [4.78, 5) is 35.7. The highest BCUT2D eigenvalue weighted by atomic mass is 16.5. The Bertz CT molecular complexity index is 699. The van der Waals surface area contributed by atoms with Gasteiger partial charge in [0.2, 0.25) is 0 Å². The van der Waals surface area contributed by atoms with Crippen LogP contribution in [0.15, 0.2) is 53.3 Å². The SMILES string of the molecule is CCOC(=O)C1=C(C(C)=O)C=C(C=O)OC1(C)c1ccccc1. The van der Waals surface area contributed by atoms with Crippen LogP contribution in [0.2, 0.25) is 0 Å². The lowest BCUT2D eigenvalue weighted by Crippen LogP contribution is -2.37. The average molecular weight is 314 g/mol. The van der Waals surface area contributed by atoms with Gasteiger partial charge in [-0.2, -0.15) is 0 Å². The van der Waals surface area contributed by atoms with Crippen LogP contribution in [0.4, 0.5) is 0 Å². The number of benzene rings is 1. The Labute approximate surface area is 134 Å². The molecule has 1 atom stereocenters. The van der Waals surface area contributed by atoms with E-state index in [0.717, 1.165) is 0 Å². The zero-order valence-corrected chi connectivity index (χ0v) is 13.3. The van der Waals surface area contributed by atoms with E-state index in [0.29, 0.717) is 11.8 Å². The summed E-state index contributed by atoms with van der Waals surface area (Å²) in [5.41, 5.74) is -0.402. The molecule has 0 spiro atoms. The number of hydrogen-bond acceptors (Lipinski definition) is 5. The van der Waals surface area contributed by atoms with Crippen molar-refractivity contribution in [1.29, 1.82) is 0 Å². The second-order valence-corrected chi connectivity index (χ2v) is 5.23. The first kappa shape index (κ1) is 16.7. The lowest BCUT2D eigenvalue weighted by Gasteiger charge is -2.36. The lowest BCUT2D eigenvalue weighted by atomic mass is 9.81. The summed E-state index contributed by atoms with van der Waals surface area (Å²) in [6.07, 6.45) is 1.80. The minimum Gasteiger partial charge on any atom is -0.474 e. The van der Waals surface area contributed by atoms with Gasteiger partial charge in [0, 0.05) is 5.57 Å². The Hall–Kier alpha value is -2.69. The van der Waals surface area contributed by atoms with Gasteiger partial charge in [-0.15, -0.1) is 0 Å². The van der Waals surface area contributed by atoms with Gasteiger partial charge in [0.15, 0.2) is 23.4 Å². The summed E-state index contributed by atoms with van der Waals surface area (Å²) in [6.45, 7) is 4.84. The number of rotatable bonds is 5. The molecule has 1 heterocycles. The molecule has 0 radical (unpaired) electrons. The summed E-state index contributed by atoms with van der Waals surface area (Å²) < 4.78 is 10.9. The predicted molar refractivity (Wildman–Crippen MR) is 83.4 cm³/mol. The summed E-state index contributed by atoms with van der Waals surface area (Å²) in [6, 6.07) is 8.94. The monoisotopic (exact) mass is 314 g/mol. The largest absolute Gasteiger partial charge is 0.474 e. The van der Waals surface area contributed by atoms with E-state index in [2.05, 4.69) is 0 Å². The number of ether oxygens (including phenoxy) is 2. The normalized spacial score (nSPS) is 20.4. The fraction of sp³-hybridized carbons (Fsp3) is 0.278. The Morgan fingerprint density at radius 3 is 2.43 bits per heavy atom. The van der Waals surface area contributed by atoms with Crippen molar-refractivity contribution >= 4 is 18.0 Å². The van der Waals surface area contributed by atoms with Crippen LogP contribution in [-0.2, 0) is 29.5 Å². The zero-order valence-electron chi connectivity index (χ0n) is 13.3. The molecule has 23 heavy (non-hydrogen) atoms. The number of ketones is 1. The van der Waals surface area contributed by atoms with Gasteiger partial charge in [-0.3, -0.25) is 9.59 Å². The van der Waals surface area contributed by atoms with Gasteiger partial charge in [-0.05, 0) is 32.4 Å². The van der Waals surface area contributed by atoms with E-state index >= 15 is 0 Å². The quantitative estimate of drug-likeness (QED) is 0.617. The molecule has 2 rings (SSSR count). The first-order valence-electron chi connectivity index (χ1n) is 7.28. The van der Waals surface area contributed by atoms with Crippen LogP contribution < -0.4 is 0 Å². The molecule has 1 aliphatic heterocycles. The van der Waals surface area contributed by atoms with Crippen molar-refractivity contribution in [2.75, 3.05) is 6.61 Å². The van der Waals surface area contributed by atoms with Gasteiger partial charge in [0.05, 0.1) is 12.2 Å². The Balaban J connectivity index is 2.73. The second-order valence-electron chi connectivity index (χ2n) is 5.23. The van der Waals surface area contributed by atoms with E-state index in [9.17, 15) is 14.4 Å². The average Bonchev–Trinajstić information content (AvgIpc) is 2.54. The summed E-state index contributed by atoms with van der Waals surface area (Å²) in [5, 5.41) is 0. The summed E-state index contributed by atoms with van der Waals surface area (Å²) >= 11 is 0. The van der Waals surface area contributed by atoms with Crippen molar-refractivity contribution in [3.05, 3.63) is 58.9 Å². The molecule has 1 aliphatic rings. The van der Waals surface area contributed by atoms with Gasteiger partial charge >= 0.3 is 5.97 Å². The van der Waals surface area contributed by atoms with Gasteiger partial charge in [0.25, 0.3) is 0 Å². The maximum atomic E-state index is 12.5. The summed E-state index contributed by atoms with van der Waals surface area (Å²) in [7, 11) is 0. The second kappa shape index (κ2) is 6.60. The van der Waals surface area contributed by atoms with Gasteiger partial charge in [-0.1, -0.05) is 30.3 Å².